The van der Waals surface area contributed by atoms with E-state index in [1.807, 2.05) is 0 Å². The van der Waals surface area contributed by atoms with Crippen molar-refractivity contribution in [1.82, 2.24) is 0 Å². The van der Waals surface area contributed by atoms with Gasteiger partial charge in [0.25, 0.3) is 0 Å². The van der Waals surface area contributed by atoms with Crippen LogP contribution >= 0.6 is 0 Å². The molecule has 0 N–H and O–H groups in total. The van der Waals surface area contributed by atoms with Gasteiger partial charge in [0.15, 0.2) is 0 Å². The van der Waals surface area contributed by atoms with Crippen LogP contribution in [0.4, 0.5) is 0 Å². The largest absolute Gasteiger partial charge is 1.00 e. The van der Waals surface area contributed by atoms with Gasteiger partial charge in [0.05, 0.1) is 22.0 Å². The molecule has 6 nitrogen and oxygen atoms in total. The predicted molar refractivity (Wildman–Crippen MR) is 105 cm³/mol. The third kappa shape index (κ3) is 16.7. The Bertz CT molecular complexity index is 533. The monoisotopic (exact) mass is 426 g/mol. The Morgan fingerprint density at radius 3 is 1.96 bits per heavy atom. The molecule has 0 radical (unpaired) electrons. The molecule has 8 heteroatoms. The number of carbonyl (C=O) groups is 2. The summed E-state index contributed by atoms with van der Waals surface area (Å²) in [5.41, 5.74) is 0.0150. The van der Waals surface area contributed by atoms with E-state index in [1.54, 1.807) is 0 Å². The molecule has 0 aliphatic heterocycles. The van der Waals surface area contributed by atoms with E-state index in [-0.39, 0.29) is 61.0 Å². The Morgan fingerprint density at radius 1 is 1.00 bits per heavy atom. The van der Waals surface area contributed by atoms with Crippen LogP contribution in [0.3, 0.4) is 0 Å². The Kier molecular flexibility index (Phi) is 20.1. The van der Waals surface area contributed by atoms with Crippen molar-refractivity contribution >= 4 is 22.4 Å². The minimum Gasteiger partial charge on any atom is -0.748 e. The summed E-state index contributed by atoms with van der Waals surface area (Å²) in [6.07, 6.45) is 12.0. The minimum atomic E-state index is -4.42. The van der Waals surface area contributed by atoms with E-state index in [0.29, 0.717) is 12.7 Å². The molecule has 28 heavy (non-hydrogen) atoms. The summed E-state index contributed by atoms with van der Waals surface area (Å²) in [5.74, 6) is -0.733. The van der Waals surface area contributed by atoms with Crippen LogP contribution in [-0.4, -0.2) is 37.1 Å². The summed E-state index contributed by atoms with van der Waals surface area (Å²) >= 11 is 0. The molecular formula is C20H35NaO6S. The number of rotatable bonds is 18. The van der Waals surface area contributed by atoms with E-state index in [4.69, 9.17) is 4.74 Å². The zero-order valence-corrected chi connectivity index (χ0v) is 20.4. The van der Waals surface area contributed by atoms with Gasteiger partial charge in [0, 0.05) is 12.0 Å². The van der Waals surface area contributed by atoms with Gasteiger partial charge in [-0.1, -0.05) is 77.7 Å². The molecule has 0 aliphatic carbocycles. The van der Waals surface area contributed by atoms with E-state index >= 15 is 0 Å². The van der Waals surface area contributed by atoms with Crippen molar-refractivity contribution in [2.75, 3.05) is 6.61 Å². The molecule has 1 unspecified atom stereocenters. The molecule has 158 valence electrons. The summed E-state index contributed by atoms with van der Waals surface area (Å²) in [6, 6.07) is 0. The van der Waals surface area contributed by atoms with E-state index < -0.39 is 21.3 Å². The Balaban J connectivity index is 0. The van der Waals surface area contributed by atoms with E-state index in [2.05, 4.69) is 13.5 Å². The zero-order valence-electron chi connectivity index (χ0n) is 17.6. The SMILES string of the molecule is C=C(CC=O)C(=O)OCCC(CCCCCCCCCCCC)S(=O)(=O)[O-].[Na+]. The van der Waals surface area contributed by atoms with Gasteiger partial charge in [-0.2, -0.15) is 0 Å². The first-order chi connectivity index (χ1) is 12.8. The Labute approximate surface area is 192 Å². The summed E-state index contributed by atoms with van der Waals surface area (Å²) in [6.45, 7) is 5.44. The fourth-order valence-corrected chi connectivity index (χ4v) is 3.70. The van der Waals surface area contributed by atoms with Gasteiger partial charge in [0.1, 0.15) is 6.29 Å². The first-order valence-electron chi connectivity index (χ1n) is 10.1. The van der Waals surface area contributed by atoms with Crippen molar-refractivity contribution in [2.45, 2.75) is 95.6 Å². The molecule has 0 amide bonds. The smallest absolute Gasteiger partial charge is 0.748 e. The topological polar surface area (TPSA) is 101 Å². The molecule has 0 spiro atoms. The maximum absolute atomic E-state index is 11.5. The summed E-state index contributed by atoms with van der Waals surface area (Å²) in [7, 11) is -4.42. The Hall–Kier alpha value is -0.210. The second-order valence-electron chi connectivity index (χ2n) is 6.98. The average molecular weight is 427 g/mol. The van der Waals surface area contributed by atoms with Crippen LogP contribution in [0.25, 0.3) is 0 Å². The van der Waals surface area contributed by atoms with E-state index in [0.717, 1.165) is 19.3 Å². The number of esters is 1. The quantitative estimate of drug-likeness (QED) is 0.0818. The molecular weight excluding hydrogens is 391 g/mol. The van der Waals surface area contributed by atoms with Crippen LogP contribution in [0.2, 0.25) is 0 Å². The van der Waals surface area contributed by atoms with Crippen molar-refractivity contribution in [1.29, 1.82) is 0 Å². The van der Waals surface area contributed by atoms with Crippen molar-refractivity contribution in [3.8, 4) is 0 Å². The molecule has 0 rings (SSSR count). The van der Waals surface area contributed by atoms with Crippen LogP contribution in [-0.2, 0) is 24.4 Å². The fraction of sp³-hybridized carbons (Fsp3) is 0.800. The standard InChI is InChI=1S/C20H36O6S.Na/c1-3-4-5-6-7-8-9-10-11-12-13-19(27(23,24)25)15-17-26-20(22)18(2)14-16-21;/h16,19H,2-15,17H2,1H3,(H,23,24,25);/q;+1/p-1. The first kappa shape index (κ1) is 30.0. The second-order valence-corrected chi connectivity index (χ2v) is 8.64. The maximum Gasteiger partial charge on any atom is 1.00 e. The summed E-state index contributed by atoms with van der Waals surface area (Å²) in [5, 5.41) is -1.04. The summed E-state index contributed by atoms with van der Waals surface area (Å²) in [4.78, 5) is 21.8. The molecule has 0 saturated carbocycles. The van der Waals surface area contributed by atoms with Crippen LogP contribution in [0.1, 0.15) is 90.4 Å². The van der Waals surface area contributed by atoms with E-state index in [1.165, 1.54) is 38.5 Å². The molecule has 0 aromatic carbocycles. The van der Waals surface area contributed by atoms with Gasteiger partial charge >= 0.3 is 35.5 Å². The third-order valence-corrected chi connectivity index (χ3v) is 5.87. The predicted octanol–water partition coefficient (Wildman–Crippen LogP) is 1.29. The van der Waals surface area contributed by atoms with Crippen molar-refractivity contribution < 1.29 is 56.9 Å². The molecule has 0 aromatic rings. The van der Waals surface area contributed by atoms with Gasteiger partial charge in [-0.3, -0.25) is 0 Å². The molecule has 0 saturated heterocycles. The van der Waals surface area contributed by atoms with Gasteiger partial charge in [-0.05, 0) is 12.8 Å². The van der Waals surface area contributed by atoms with Crippen LogP contribution in [0.15, 0.2) is 12.2 Å². The maximum atomic E-state index is 11.5. The molecule has 1 atom stereocenters. The molecule has 0 fully saturated rings. The Morgan fingerprint density at radius 2 is 1.50 bits per heavy atom. The number of aldehydes is 1. The fourth-order valence-electron chi connectivity index (χ4n) is 2.86. The van der Waals surface area contributed by atoms with Crippen LogP contribution in [0.5, 0.6) is 0 Å². The zero-order chi connectivity index (χ0) is 20.5. The number of hydrogen-bond acceptors (Lipinski definition) is 6. The normalized spacial score (nSPS) is 12.1. The first-order valence-corrected chi connectivity index (χ1v) is 11.5. The van der Waals surface area contributed by atoms with Gasteiger partial charge in [0.2, 0.25) is 0 Å². The van der Waals surface area contributed by atoms with Crippen molar-refractivity contribution in [2.24, 2.45) is 0 Å². The summed E-state index contributed by atoms with van der Waals surface area (Å²) < 4.78 is 39.0. The van der Waals surface area contributed by atoms with Crippen molar-refractivity contribution in [3.63, 3.8) is 0 Å². The van der Waals surface area contributed by atoms with Gasteiger partial charge < -0.3 is 14.1 Å². The molecule has 0 heterocycles. The number of ether oxygens (including phenoxy) is 1. The van der Waals surface area contributed by atoms with Crippen LogP contribution in [0, 0.1) is 0 Å². The molecule has 0 bridgehead atoms. The third-order valence-electron chi connectivity index (χ3n) is 4.58. The van der Waals surface area contributed by atoms with Gasteiger partial charge in [-0.25, -0.2) is 13.2 Å². The minimum absolute atomic E-state index is 0. The number of hydrogen-bond donors (Lipinski definition) is 0. The van der Waals surface area contributed by atoms with Crippen LogP contribution < -0.4 is 29.6 Å². The second kappa shape index (κ2) is 18.8. The molecule has 0 aromatic heterocycles. The average Bonchev–Trinajstić information content (AvgIpc) is 2.60. The number of carbonyl (C=O) groups excluding carboxylic acids is 2. The van der Waals surface area contributed by atoms with Gasteiger partial charge in [-0.15, -0.1) is 0 Å². The molecule has 0 aliphatic rings. The van der Waals surface area contributed by atoms with Crippen molar-refractivity contribution in [3.05, 3.63) is 12.2 Å². The number of unbranched alkanes of at least 4 members (excludes halogenated alkanes) is 9. The van der Waals surface area contributed by atoms with E-state index in [9.17, 15) is 22.6 Å².